The van der Waals surface area contributed by atoms with Gasteiger partial charge in [0.15, 0.2) is 0 Å². The van der Waals surface area contributed by atoms with Gasteiger partial charge in [0.2, 0.25) is 0 Å². The molecule has 1 amide bonds. The highest BCUT2D eigenvalue weighted by atomic mass is 32.2. The molecule has 2 atom stereocenters. The Hall–Kier alpha value is -1.36. The highest BCUT2D eigenvalue weighted by Crippen LogP contribution is 2.10. The highest BCUT2D eigenvalue weighted by molar-refractivity contribution is 7.84. The molecule has 5 heteroatoms. The molecule has 2 unspecified atom stereocenters. The minimum absolute atomic E-state index is 0.0553. The second-order valence-corrected chi connectivity index (χ2v) is 5.37. The van der Waals surface area contributed by atoms with Crippen molar-refractivity contribution in [2.24, 2.45) is 0 Å². The van der Waals surface area contributed by atoms with Crippen molar-refractivity contribution in [3.63, 3.8) is 0 Å². The van der Waals surface area contributed by atoms with Crippen molar-refractivity contribution in [3.05, 3.63) is 29.8 Å². The lowest BCUT2D eigenvalue weighted by atomic mass is 10.2. The Bertz CT molecular complexity index is 406. The maximum atomic E-state index is 11.6. The molecular weight excluding hydrogens is 226 g/mol. The van der Waals surface area contributed by atoms with Crippen LogP contribution in [0.1, 0.15) is 17.3 Å². The second-order valence-electron chi connectivity index (χ2n) is 3.57. The lowest BCUT2D eigenvalue weighted by Crippen LogP contribution is -2.32. The number of rotatable bonds is 4. The number of hydrogen-bond donors (Lipinski definition) is 2. The third-order valence-electron chi connectivity index (χ3n) is 2.23. The molecule has 0 fully saturated rings. The van der Waals surface area contributed by atoms with E-state index in [1.54, 1.807) is 25.3 Å². The number of carbonyl (C=O) groups is 1. The zero-order chi connectivity index (χ0) is 12.1. The van der Waals surface area contributed by atoms with E-state index in [1.165, 1.54) is 12.1 Å². The molecule has 0 aliphatic heterocycles. The summed E-state index contributed by atoms with van der Waals surface area (Å²) >= 11 is 0. The number of hydrogen-bond acceptors (Lipinski definition) is 3. The summed E-state index contributed by atoms with van der Waals surface area (Å²) in [6.45, 7) is 2.16. The zero-order valence-corrected chi connectivity index (χ0v) is 10.1. The van der Waals surface area contributed by atoms with Crippen LogP contribution in [0, 0.1) is 0 Å². The van der Waals surface area contributed by atoms with E-state index in [2.05, 4.69) is 5.32 Å². The molecule has 0 saturated heterocycles. The van der Waals surface area contributed by atoms with Gasteiger partial charge < -0.3 is 10.4 Å². The SMILES string of the molecule is CC(CNC(=O)c1cccc(O)c1)S(C)=O. The van der Waals surface area contributed by atoms with Crippen LogP contribution in [0.3, 0.4) is 0 Å². The molecule has 0 aliphatic rings. The van der Waals surface area contributed by atoms with Crippen molar-refractivity contribution in [3.8, 4) is 5.75 Å². The van der Waals surface area contributed by atoms with Crippen molar-refractivity contribution in [2.45, 2.75) is 12.2 Å². The van der Waals surface area contributed by atoms with Crippen molar-refractivity contribution >= 4 is 16.7 Å². The first kappa shape index (κ1) is 12.7. The fourth-order valence-electron chi connectivity index (χ4n) is 1.10. The second kappa shape index (κ2) is 5.65. The summed E-state index contributed by atoms with van der Waals surface area (Å²) in [5.74, 6) is -0.215. The van der Waals surface area contributed by atoms with Crippen LogP contribution in [-0.4, -0.2) is 33.3 Å². The Kier molecular flexibility index (Phi) is 4.49. The van der Waals surface area contributed by atoms with Gasteiger partial charge in [-0.1, -0.05) is 6.07 Å². The molecule has 0 aliphatic carbocycles. The molecule has 0 radical (unpaired) electrons. The van der Waals surface area contributed by atoms with E-state index in [1.807, 2.05) is 0 Å². The molecule has 0 saturated carbocycles. The standard InChI is InChI=1S/C11H15NO3S/c1-8(16(2)15)7-12-11(14)9-4-3-5-10(13)6-9/h3-6,8,13H,7H2,1-2H3,(H,12,14). The largest absolute Gasteiger partial charge is 0.508 e. The maximum absolute atomic E-state index is 11.6. The van der Waals surface area contributed by atoms with E-state index >= 15 is 0 Å². The van der Waals surface area contributed by atoms with E-state index in [0.29, 0.717) is 12.1 Å². The van der Waals surface area contributed by atoms with Crippen LogP contribution in [0.15, 0.2) is 24.3 Å². The molecule has 2 N–H and O–H groups in total. The van der Waals surface area contributed by atoms with Gasteiger partial charge in [0, 0.05) is 34.4 Å². The van der Waals surface area contributed by atoms with Gasteiger partial charge >= 0.3 is 0 Å². The lowest BCUT2D eigenvalue weighted by Gasteiger charge is -2.09. The summed E-state index contributed by atoms with van der Waals surface area (Å²) in [5, 5.41) is 11.8. The minimum atomic E-state index is -0.952. The summed E-state index contributed by atoms with van der Waals surface area (Å²) in [6, 6.07) is 6.11. The van der Waals surface area contributed by atoms with Crippen LogP contribution in [0.25, 0.3) is 0 Å². The minimum Gasteiger partial charge on any atom is -0.508 e. The average molecular weight is 241 g/mol. The Morgan fingerprint density at radius 1 is 1.56 bits per heavy atom. The quantitative estimate of drug-likeness (QED) is 0.822. The molecule has 0 spiro atoms. The number of phenolic OH excluding ortho intramolecular Hbond substituents is 1. The smallest absolute Gasteiger partial charge is 0.251 e. The molecule has 88 valence electrons. The third kappa shape index (κ3) is 3.66. The first-order chi connectivity index (χ1) is 7.50. The Morgan fingerprint density at radius 2 is 2.25 bits per heavy atom. The van der Waals surface area contributed by atoms with Crippen molar-refractivity contribution < 1.29 is 14.1 Å². The molecule has 1 rings (SSSR count). The Morgan fingerprint density at radius 3 is 2.81 bits per heavy atom. The number of aromatic hydroxyl groups is 1. The van der Waals surface area contributed by atoms with Gasteiger partial charge in [0.1, 0.15) is 5.75 Å². The summed E-state index contributed by atoms with van der Waals surface area (Å²) < 4.78 is 11.1. The number of carbonyl (C=O) groups excluding carboxylic acids is 1. The molecule has 0 heterocycles. The van der Waals surface area contributed by atoms with Gasteiger partial charge in [0.05, 0.1) is 0 Å². The summed E-state index contributed by atoms with van der Waals surface area (Å²) in [6.07, 6.45) is 1.60. The monoisotopic (exact) mass is 241 g/mol. The van der Waals surface area contributed by atoms with Gasteiger partial charge in [0.25, 0.3) is 5.91 Å². The highest BCUT2D eigenvalue weighted by Gasteiger charge is 2.10. The molecule has 1 aromatic rings. The van der Waals surface area contributed by atoms with E-state index in [9.17, 15) is 14.1 Å². The van der Waals surface area contributed by atoms with Crippen LogP contribution in [0.2, 0.25) is 0 Å². The first-order valence-corrected chi connectivity index (χ1v) is 6.52. The number of benzene rings is 1. The van der Waals surface area contributed by atoms with E-state index in [4.69, 9.17) is 0 Å². The normalized spacial score (nSPS) is 14.1. The number of phenols is 1. The van der Waals surface area contributed by atoms with Crippen LogP contribution >= 0.6 is 0 Å². The molecular formula is C11H15NO3S. The third-order valence-corrected chi connectivity index (χ3v) is 3.52. The summed E-state index contributed by atoms with van der Waals surface area (Å²) in [5.41, 5.74) is 0.397. The Labute approximate surface area is 97.1 Å². The van der Waals surface area contributed by atoms with Crippen LogP contribution in [-0.2, 0) is 10.8 Å². The van der Waals surface area contributed by atoms with E-state index in [-0.39, 0.29) is 16.9 Å². The fourth-order valence-corrected chi connectivity index (χ4v) is 1.42. The van der Waals surface area contributed by atoms with Gasteiger partial charge in [-0.3, -0.25) is 9.00 Å². The summed E-state index contributed by atoms with van der Waals surface area (Å²) in [7, 11) is -0.952. The molecule has 16 heavy (non-hydrogen) atoms. The fraction of sp³-hybridized carbons (Fsp3) is 0.364. The molecule has 0 aromatic heterocycles. The van der Waals surface area contributed by atoms with E-state index in [0.717, 1.165) is 0 Å². The topological polar surface area (TPSA) is 66.4 Å². The molecule has 0 bridgehead atoms. The Balaban J connectivity index is 2.56. The van der Waals surface area contributed by atoms with Gasteiger partial charge in [-0.05, 0) is 25.1 Å². The number of amides is 1. The van der Waals surface area contributed by atoms with Crippen LogP contribution < -0.4 is 5.32 Å². The predicted molar refractivity (Wildman–Crippen MR) is 64.0 cm³/mol. The van der Waals surface area contributed by atoms with Crippen LogP contribution in [0.4, 0.5) is 0 Å². The zero-order valence-electron chi connectivity index (χ0n) is 9.27. The predicted octanol–water partition coefficient (Wildman–Crippen LogP) is 0.889. The first-order valence-electron chi connectivity index (χ1n) is 4.90. The van der Waals surface area contributed by atoms with Crippen molar-refractivity contribution in [1.29, 1.82) is 0 Å². The summed E-state index contributed by atoms with van der Waals surface area (Å²) in [4.78, 5) is 11.6. The number of nitrogens with one attached hydrogen (secondary N) is 1. The van der Waals surface area contributed by atoms with Crippen LogP contribution in [0.5, 0.6) is 5.75 Å². The average Bonchev–Trinajstić information content (AvgIpc) is 2.25. The van der Waals surface area contributed by atoms with Gasteiger partial charge in [-0.2, -0.15) is 0 Å². The van der Waals surface area contributed by atoms with Gasteiger partial charge in [-0.25, -0.2) is 0 Å². The molecule has 4 nitrogen and oxygen atoms in total. The van der Waals surface area contributed by atoms with Crippen molar-refractivity contribution in [1.82, 2.24) is 5.32 Å². The lowest BCUT2D eigenvalue weighted by molar-refractivity contribution is 0.0953. The molecule has 1 aromatic carbocycles. The van der Waals surface area contributed by atoms with Crippen molar-refractivity contribution in [2.75, 3.05) is 12.8 Å². The van der Waals surface area contributed by atoms with E-state index < -0.39 is 10.8 Å². The maximum Gasteiger partial charge on any atom is 0.251 e. The van der Waals surface area contributed by atoms with Gasteiger partial charge in [-0.15, -0.1) is 0 Å².